The molecule has 2 atom stereocenters. The highest BCUT2D eigenvalue weighted by atomic mass is 35.5. The number of hydrogen-bond acceptors (Lipinski definition) is 1. The van der Waals surface area contributed by atoms with Crippen LogP contribution in [0.2, 0.25) is 0 Å². The number of hydrogen-bond donors (Lipinski definition) is 0. The fourth-order valence-corrected chi connectivity index (χ4v) is 1.88. The Morgan fingerprint density at radius 2 is 2.00 bits per heavy atom. The summed E-state index contributed by atoms with van der Waals surface area (Å²) in [4.78, 5) is 0. The normalized spacial score (nSPS) is 14.7. The van der Waals surface area contributed by atoms with Gasteiger partial charge in [0.15, 0.2) is 0 Å². The van der Waals surface area contributed by atoms with Gasteiger partial charge >= 0.3 is 0 Å². The molecule has 0 radical (unpaired) electrons. The lowest BCUT2D eigenvalue weighted by molar-refractivity contribution is 0.407. The summed E-state index contributed by atoms with van der Waals surface area (Å²) in [6, 6.07) is 8.07. The van der Waals surface area contributed by atoms with Gasteiger partial charge in [-0.2, -0.15) is 0 Å². The van der Waals surface area contributed by atoms with E-state index >= 15 is 0 Å². The highest BCUT2D eigenvalue weighted by Gasteiger charge is 2.15. The highest BCUT2D eigenvalue weighted by Crippen LogP contribution is 2.24. The van der Waals surface area contributed by atoms with Crippen LogP contribution >= 0.6 is 11.6 Å². The molecule has 1 aromatic carbocycles. The molecule has 0 heterocycles. The SMILES string of the molecule is CCC(C)C(Cl)Cc1ccccc1OC. The molecular weight excluding hydrogens is 208 g/mol. The van der Waals surface area contributed by atoms with Crippen molar-refractivity contribution >= 4 is 11.6 Å². The van der Waals surface area contributed by atoms with Gasteiger partial charge in [0, 0.05) is 5.38 Å². The second kappa shape index (κ2) is 6.02. The summed E-state index contributed by atoms with van der Waals surface area (Å²) in [6.07, 6.45) is 1.99. The summed E-state index contributed by atoms with van der Waals surface area (Å²) in [5, 5.41) is 0.186. The van der Waals surface area contributed by atoms with Crippen LogP contribution in [0, 0.1) is 5.92 Å². The molecular formula is C13H19ClO. The summed E-state index contributed by atoms with van der Waals surface area (Å²) in [6.45, 7) is 4.36. The van der Waals surface area contributed by atoms with Crippen molar-refractivity contribution in [3.05, 3.63) is 29.8 Å². The van der Waals surface area contributed by atoms with Crippen LogP contribution in [-0.4, -0.2) is 12.5 Å². The minimum Gasteiger partial charge on any atom is -0.496 e. The number of benzene rings is 1. The maximum absolute atomic E-state index is 6.34. The Kier molecular flexibility index (Phi) is 4.97. The first-order chi connectivity index (χ1) is 7.19. The molecule has 0 aliphatic rings. The van der Waals surface area contributed by atoms with E-state index < -0.39 is 0 Å². The fourth-order valence-electron chi connectivity index (χ4n) is 1.54. The van der Waals surface area contributed by atoms with E-state index in [1.165, 1.54) is 5.56 Å². The van der Waals surface area contributed by atoms with Crippen molar-refractivity contribution in [2.24, 2.45) is 5.92 Å². The summed E-state index contributed by atoms with van der Waals surface area (Å²) in [7, 11) is 1.70. The first kappa shape index (κ1) is 12.4. The first-order valence-electron chi connectivity index (χ1n) is 5.45. The van der Waals surface area contributed by atoms with Gasteiger partial charge in [-0.05, 0) is 24.0 Å². The average molecular weight is 227 g/mol. The van der Waals surface area contributed by atoms with E-state index in [1.807, 2.05) is 18.2 Å². The molecule has 1 aromatic rings. The smallest absolute Gasteiger partial charge is 0.122 e. The molecule has 0 fully saturated rings. The maximum Gasteiger partial charge on any atom is 0.122 e. The van der Waals surface area contributed by atoms with E-state index in [0.29, 0.717) is 5.92 Å². The number of alkyl halides is 1. The van der Waals surface area contributed by atoms with Gasteiger partial charge < -0.3 is 4.74 Å². The Morgan fingerprint density at radius 3 is 2.60 bits per heavy atom. The van der Waals surface area contributed by atoms with Gasteiger partial charge in [-0.15, -0.1) is 11.6 Å². The van der Waals surface area contributed by atoms with Crippen LogP contribution in [0.25, 0.3) is 0 Å². The Bertz CT molecular complexity index is 298. The third-order valence-electron chi connectivity index (χ3n) is 2.87. The molecule has 84 valence electrons. The molecule has 0 saturated carbocycles. The summed E-state index contributed by atoms with van der Waals surface area (Å²) >= 11 is 6.34. The van der Waals surface area contributed by atoms with Crippen molar-refractivity contribution in [2.45, 2.75) is 32.1 Å². The number of rotatable bonds is 5. The van der Waals surface area contributed by atoms with Crippen LogP contribution in [0.5, 0.6) is 5.75 Å². The molecule has 0 N–H and O–H groups in total. The molecule has 0 saturated heterocycles. The zero-order chi connectivity index (χ0) is 11.3. The van der Waals surface area contributed by atoms with Gasteiger partial charge in [-0.3, -0.25) is 0 Å². The van der Waals surface area contributed by atoms with Crippen LogP contribution in [0.1, 0.15) is 25.8 Å². The lowest BCUT2D eigenvalue weighted by atomic mass is 9.98. The second-order valence-electron chi connectivity index (χ2n) is 3.92. The van der Waals surface area contributed by atoms with Gasteiger partial charge in [0.2, 0.25) is 0 Å². The second-order valence-corrected chi connectivity index (χ2v) is 4.48. The molecule has 15 heavy (non-hydrogen) atoms. The van der Waals surface area contributed by atoms with Crippen molar-refractivity contribution < 1.29 is 4.74 Å². The predicted molar refractivity (Wildman–Crippen MR) is 65.8 cm³/mol. The molecule has 0 spiro atoms. The summed E-state index contributed by atoms with van der Waals surface area (Å²) in [5.41, 5.74) is 1.19. The molecule has 1 rings (SSSR count). The third kappa shape index (κ3) is 3.42. The highest BCUT2D eigenvalue weighted by molar-refractivity contribution is 6.20. The van der Waals surface area contributed by atoms with Gasteiger partial charge in [-0.25, -0.2) is 0 Å². The Labute approximate surface area is 97.4 Å². The van der Waals surface area contributed by atoms with Crippen molar-refractivity contribution in [3.63, 3.8) is 0 Å². The lowest BCUT2D eigenvalue weighted by Crippen LogP contribution is -2.14. The average Bonchev–Trinajstić information content (AvgIpc) is 2.28. The lowest BCUT2D eigenvalue weighted by Gasteiger charge is -2.17. The predicted octanol–water partition coefficient (Wildman–Crippen LogP) is 3.89. The zero-order valence-corrected chi connectivity index (χ0v) is 10.4. The Hall–Kier alpha value is -0.690. The largest absolute Gasteiger partial charge is 0.496 e. The molecule has 0 bridgehead atoms. The Morgan fingerprint density at radius 1 is 1.33 bits per heavy atom. The maximum atomic E-state index is 6.34. The van der Waals surface area contributed by atoms with E-state index in [2.05, 4.69) is 19.9 Å². The zero-order valence-electron chi connectivity index (χ0n) is 9.66. The van der Waals surface area contributed by atoms with Crippen molar-refractivity contribution in [2.75, 3.05) is 7.11 Å². The van der Waals surface area contributed by atoms with Gasteiger partial charge in [0.25, 0.3) is 0 Å². The minimum absolute atomic E-state index is 0.186. The van der Waals surface area contributed by atoms with Gasteiger partial charge in [0.1, 0.15) is 5.75 Å². The number of ether oxygens (including phenoxy) is 1. The number of methoxy groups -OCH3 is 1. The molecule has 0 aliphatic carbocycles. The van der Waals surface area contributed by atoms with Crippen LogP contribution in [0.3, 0.4) is 0 Å². The van der Waals surface area contributed by atoms with E-state index in [-0.39, 0.29) is 5.38 Å². The quantitative estimate of drug-likeness (QED) is 0.693. The van der Waals surface area contributed by atoms with Gasteiger partial charge in [-0.1, -0.05) is 38.5 Å². The molecule has 1 nitrogen and oxygen atoms in total. The van der Waals surface area contributed by atoms with Crippen molar-refractivity contribution in [1.29, 1.82) is 0 Å². The molecule has 0 amide bonds. The van der Waals surface area contributed by atoms with E-state index in [0.717, 1.165) is 18.6 Å². The first-order valence-corrected chi connectivity index (χ1v) is 5.88. The third-order valence-corrected chi connectivity index (χ3v) is 3.45. The molecule has 2 unspecified atom stereocenters. The Balaban J connectivity index is 2.71. The van der Waals surface area contributed by atoms with Crippen molar-refractivity contribution in [1.82, 2.24) is 0 Å². The standard InChI is InChI=1S/C13H19ClO/c1-4-10(2)12(14)9-11-7-5-6-8-13(11)15-3/h5-8,10,12H,4,9H2,1-3H3. The van der Waals surface area contributed by atoms with E-state index in [1.54, 1.807) is 7.11 Å². The molecule has 2 heteroatoms. The number of halogens is 1. The van der Waals surface area contributed by atoms with Crippen molar-refractivity contribution in [3.8, 4) is 5.75 Å². The van der Waals surface area contributed by atoms with Gasteiger partial charge in [0.05, 0.1) is 7.11 Å². The number of para-hydroxylation sites is 1. The minimum atomic E-state index is 0.186. The summed E-state index contributed by atoms with van der Waals surface area (Å²) in [5.74, 6) is 1.48. The van der Waals surface area contributed by atoms with E-state index in [9.17, 15) is 0 Å². The van der Waals surface area contributed by atoms with Crippen LogP contribution in [0.4, 0.5) is 0 Å². The fraction of sp³-hybridized carbons (Fsp3) is 0.538. The molecule has 0 aromatic heterocycles. The monoisotopic (exact) mass is 226 g/mol. The van der Waals surface area contributed by atoms with Crippen LogP contribution < -0.4 is 4.74 Å². The van der Waals surface area contributed by atoms with E-state index in [4.69, 9.17) is 16.3 Å². The summed E-state index contributed by atoms with van der Waals surface area (Å²) < 4.78 is 5.30. The molecule has 0 aliphatic heterocycles. The van der Waals surface area contributed by atoms with Crippen LogP contribution in [0.15, 0.2) is 24.3 Å². The van der Waals surface area contributed by atoms with Crippen LogP contribution in [-0.2, 0) is 6.42 Å². The topological polar surface area (TPSA) is 9.23 Å².